The van der Waals surface area contributed by atoms with Crippen molar-refractivity contribution in [3.63, 3.8) is 0 Å². The molecule has 140 valence electrons. The first kappa shape index (κ1) is 19.0. The van der Waals surface area contributed by atoms with Crippen molar-refractivity contribution in [1.82, 2.24) is 0 Å². The predicted molar refractivity (Wildman–Crippen MR) is 107 cm³/mol. The van der Waals surface area contributed by atoms with E-state index in [2.05, 4.69) is 10.6 Å². The largest absolute Gasteiger partial charge is 0.495 e. The van der Waals surface area contributed by atoms with E-state index < -0.39 is 11.8 Å². The van der Waals surface area contributed by atoms with Crippen LogP contribution < -0.4 is 15.4 Å². The molecule has 0 bridgehead atoms. The topological polar surface area (TPSA) is 67.4 Å². The number of ether oxygens (including phenoxy) is 1. The van der Waals surface area contributed by atoms with Gasteiger partial charge in [-0.05, 0) is 49.2 Å². The lowest BCUT2D eigenvalue weighted by Gasteiger charge is -2.27. The average molecular weight is 385 g/mol. The summed E-state index contributed by atoms with van der Waals surface area (Å²) in [6.07, 6.45) is 4.92. The van der Waals surface area contributed by atoms with Crippen LogP contribution in [-0.4, -0.2) is 18.9 Å². The quantitative estimate of drug-likeness (QED) is 0.745. The van der Waals surface area contributed by atoms with Crippen LogP contribution >= 0.6 is 11.6 Å². The summed E-state index contributed by atoms with van der Waals surface area (Å²) in [4.78, 5) is 25.6. The van der Waals surface area contributed by atoms with E-state index in [9.17, 15) is 9.59 Å². The summed E-state index contributed by atoms with van der Waals surface area (Å²) >= 11 is 5.88. The van der Waals surface area contributed by atoms with E-state index in [0.29, 0.717) is 35.0 Å². The lowest BCUT2D eigenvalue weighted by molar-refractivity contribution is -0.129. The van der Waals surface area contributed by atoms with Gasteiger partial charge in [-0.3, -0.25) is 9.59 Å². The fraction of sp³-hybridized carbons (Fsp3) is 0.238. The fourth-order valence-corrected chi connectivity index (χ4v) is 3.26. The van der Waals surface area contributed by atoms with Gasteiger partial charge in [-0.2, -0.15) is 0 Å². The second kappa shape index (κ2) is 8.73. The minimum Gasteiger partial charge on any atom is -0.495 e. The molecule has 1 aliphatic rings. The van der Waals surface area contributed by atoms with Crippen LogP contribution in [0.5, 0.6) is 5.75 Å². The Balaban J connectivity index is 1.72. The lowest BCUT2D eigenvalue weighted by atomic mass is 9.81. The van der Waals surface area contributed by atoms with Crippen molar-refractivity contribution in [2.75, 3.05) is 17.7 Å². The zero-order valence-electron chi connectivity index (χ0n) is 14.9. The number of amides is 2. The molecule has 2 atom stereocenters. The van der Waals surface area contributed by atoms with Crippen molar-refractivity contribution in [2.45, 2.75) is 12.8 Å². The highest BCUT2D eigenvalue weighted by molar-refractivity contribution is 6.30. The van der Waals surface area contributed by atoms with Crippen LogP contribution in [0.1, 0.15) is 12.8 Å². The summed E-state index contributed by atoms with van der Waals surface area (Å²) in [5.74, 6) is -0.686. The highest BCUT2D eigenvalue weighted by atomic mass is 35.5. The van der Waals surface area contributed by atoms with E-state index in [1.807, 2.05) is 24.3 Å². The third-order valence-electron chi connectivity index (χ3n) is 4.58. The first-order valence-corrected chi connectivity index (χ1v) is 9.11. The van der Waals surface area contributed by atoms with Gasteiger partial charge in [-0.25, -0.2) is 0 Å². The van der Waals surface area contributed by atoms with Gasteiger partial charge in [0.1, 0.15) is 5.75 Å². The zero-order valence-corrected chi connectivity index (χ0v) is 15.7. The summed E-state index contributed by atoms with van der Waals surface area (Å²) in [6, 6.07) is 14.1. The Kier molecular flexibility index (Phi) is 6.14. The van der Waals surface area contributed by atoms with E-state index in [-0.39, 0.29) is 11.8 Å². The number of hydrogen-bond donors (Lipinski definition) is 2. The number of para-hydroxylation sites is 2. The number of benzene rings is 2. The Morgan fingerprint density at radius 2 is 1.52 bits per heavy atom. The molecular weight excluding hydrogens is 364 g/mol. The zero-order chi connectivity index (χ0) is 19.2. The maximum atomic E-state index is 12.8. The summed E-state index contributed by atoms with van der Waals surface area (Å²) in [5, 5.41) is 6.37. The molecule has 2 aromatic rings. The monoisotopic (exact) mass is 384 g/mol. The fourth-order valence-electron chi connectivity index (χ4n) is 3.14. The molecule has 6 heteroatoms. The molecule has 0 heterocycles. The van der Waals surface area contributed by atoms with E-state index in [4.69, 9.17) is 16.3 Å². The summed E-state index contributed by atoms with van der Waals surface area (Å²) in [5.41, 5.74) is 1.25. The molecule has 0 spiro atoms. The minimum atomic E-state index is -0.452. The SMILES string of the molecule is COc1ccccc1NC(=O)C1CC=CCC1C(=O)Nc1ccc(Cl)cc1. The Labute approximate surface area is 163 Å². The minimum absolute atomic E-state index is 0.179. The summed E-state index contributed by atoms with van der Waals surface area (Å²) < 4.78 is 5.28. The molecule has 2 amide bonds. The Bertz CT molecular complexity index is 849. The molecule has 2 N–H and O–H groups in total. The molecule has 0 saturated carbocycles. The van der Waals surface area contributed by atoms with Crippen molar-refractivity contribution >= 4 is 34.8 Å². The van der Waals surface area contributed by atoms with Crippen LogP contribution in [0.3, 0.4) is 0 Å². The number of hydrogen-bond acceptors (Lipinski definition) is 3. The van der Waals surface area contributed by atoms with E-state index >= 15 is 0 Å². The molecule has 1 aliphatic carbocycles. The number of allylic oxidation sites excluding steroid dienone is 2. The molecule has 27 heavy (non-hydrogen) atoms. The van der Waals surface area contributed by atoms with Crippen molar-refractivity contribution in [3.05, 3.63) is 65.7 Å². The van der Waals surface area contributed by atoms with Crippen LogP contribution in [0.2, 0.25) is 5.02 Å². The molecule has 0 fully saturated rings. The van der Waals surface area contributed by atoms with Gasteiger partial charge in [-0.15, -0.1) is 0 Å². The predicted octanol–water partition coefficient (Wildman–Crippen LogP) is 4.51. The molecule has 0 saturated heterocycles. The highest BCUT2D eigenvalue weighted by Crippen LogP contribution is 2.30. The Hall–Kier alpha value is -2.79. The van der Waals surface area contributed by atoms with Gasteiger partial charge in [-0.1, -0.05) is 35.9 Å². The maximum Gasteiger partial charge on any atom is 0.228 e. The van der Waals surface area contributed by atoms with Gasteiger partial charge >= 0.3 is 0 Å². The normalized spacial score (nSPS) is 18.6. The van der Waals surface area contributed by atoms with Gasteiger partial charge in [0.05, 0.1) is 24.6 Å². The number of nitrogens with one attached hydrogen (secondary N) is 2. The molecule has 0 radical (unpaired) electrons. The van der Waals surface area contributed by atoms with Crippen LogP contribution in [0.25, 0.3) is 0 Å². The third-order valence-corrected chi connectivity index (χ3v) is 4.83. The van der Waals surface area contributed by atoms with Gasteiger partial charge in [0, 0.05) is 10.7 Å². The molecule has 2 unspecified atom stereocenters. The second-order valence-electron chi connectivity index (χ2n) is 6.34. The first-order chi connectivity index (χ1) is 13.1. The van der Waals surface area contributed by atoms with Gasteiger partial charge in [0.15, 0.2) is 0 Å². The molecule has 0 aromatic heterocycles. The van der Waals surface area contributed by atoms with Crippen LogP contribution in [0.4, 0.5) is 11.4 Å². The molecule has 2 aromatic carbocycles. The van der Waals surface area contributed by atoms with Crippen LogP contribution in [0.15, 0.2) is 60.7 Å². The van der Waals surface area contributed by atoms with Crippen LogP contribution in [0, 0.1) is 11.8 Å². The number of carbonyl (C=O) groups excluding carboxylic acids is 2. The van der Waals surface area contributed by atoms with Gasteiger partial charge in [0.2, 0.25) is 11.8 Å². The third kappa shape index (κ3) is 4.68. The van der Waals surface area contributed by atoms with Crippen molar-refractivity contribution < 1.29 is 14.3 Å². The number of halogens is 1. The van der Waals surface area contributed by atoms with E-state index in [1.54, 1.807) is 43.5 Å². The average Bonchev–Trinajstić information content (AvgIpc) is 2.70. The van der Waals surface area contributed by atoms with Gasteiger partial charge in [0.25, 0.3) is 0 Å². The van der Waals surface area contributed by atoms with Gasteiger partial charge < -0.3 is 15.4 Å². The highest BCUT2D eigenvalue weighted by Gasteiger charge is 2.34. The van der Waals surface area contributed by atoms with Crippen LogP contribution in [-0.2, 0) is 9.59 Å². The Morgan fingerprint density at radius 3 is 2.15 bits per heavy atom. The standard InChI is InChI=1S/C21H21ClN2O3/c1-27-19-9-5-4-8-18(19)24-21(26)17-7-3-2-6-16(17)20(25)23-15-12-10-14(22)11-13-15/h2-5,8-13,16-17H,6-7H2,1H3,(H,23,25)(H,24,26). The Morgan fingerprint density at radius 1 is 0.926 bits per heavy atom. The second-order valence-corrected chi connectivity index (χ2v) is 6.78. The first-order valence-electron chi connectivity index (χ1n) is 8.74. The van der Waals surface area contributed by atoms with Crippen molar-refractivity contribution in [3.8, 4) is 5.75 Å². The number of carbonyl (C=O) groups is 2. The lowest BCUT2D eigenvalue weighted by Crippen LogP contribution is -2.37. The molecule has 3 rings (SSSR count). The maximum absolute atomic E-state index is 12.8. The number of methoxy groups -OCH3 is 1. The molecule has 0 aliphatic heterocycles. The number of anilines is 2. The van der Waals surface area contributed by atoms with E-state index in [1.165, 1.54) is 0 Å². The number of rotatable bonds is 5. The van der Waals surface area contributed by atoms with Crippen molar-refractivity contribution in [2.24, 2.45) is 11.8 Å². The van der Waals surface area contributed by atoms with E-state index in [0.717, 1.165) is 0 Å². The molecule has 5 nitrogen and oxygen atoms in total. The summed E-state index contributed by atoms with van der Waals surface area (Å²) in [6.45, 7) is 0. The molecular formula is C21H21ClN2O3. The van der Waals surface area contributed by atoms with Crippen molar-refractivity contribution in [1.29, 1.82) is 0 Å². The summed E-state index contributed by atoms with van der Waals surface area (Å²) in [7, 11) is 1.55. The smallest absolute Gasteiger partial charge is 0.228 e.